The van der Waals surface area contributed by atoms with Crippen molar-refractivity contribution in [3.05, 3.63) is 52.3 Å². The molecule has 0 bridgehead atoms. The lowest BCUT2D eigenvalue weighted by atomic mass is 9.86. The predicted octanol–water partition coefficient (Wildman–Crippen LogP) is 6.56. The Labute approximate surface area is 188 Å². The number of allylic oxidation sites excluding steroid dienone is 1. The van der Waals surface area contributed by atoms with Crippen LogP contribution in [0.25, 0.3) is 0 Å². The number of nitrogens with zero attached hydrogens (tertiary/aromatic N) is 2. The van der Waals surface area contributed by atoms with Crippen molar-refractivity contribution in [1.82, 2.24) is 9.78 Å². The van der Waals surface area contributed by atoms with Crippen LogP contribution in [0.3, 0.4) is 0 Å². The Morgan fingerprint density at radius 2 is 1.80 bits per heavy atom. The lowest BCUT2D eigenvalue weighted by Gasteiger charge is -2.35. The molecule has 1 aromatic carbocycles. The van der Waals surface area contributed by atoms with E-state index in [1.165, 1.54) is 49.8 Å². The molecule has 1 N–H and O–H groups in total. The van der Waals surface area contributed by atoms with Gasteiger partial charge in [0.25, 0.3) is 0 Å². The molecule has 0 spiro atoms. The first-order chi connectivity index (χ1) is 14.4. The average Bonchev–Trinajstić information content (AvgIpc) is 3.07. The lowest BCUT2D eigenvalue weighted by Crippen LogP contribution is -2.39. The number of hydrogen-bond acceptors (Lipinski definition) is 3. The normalized spacial score (nSPS) is 18.8. The monoisotopic (exact) mass is 445 g/mol. The first-order valence-electron chi connectivity index (χ1n) is 11.1. The largest absolute Gasteiger partial charge is 0.611 e. The van der Waals surface area contributed by atoms with E-state index >= 15 is 0 Å². The van der Waals surface area contributed by atoms with E-state index < -0.39 is 15.9 Å². The summed E-state index contributed by atoms with van der Waals surface area (Å²) < 4.78 is 15.0. The fraction of sp³-hybridized carbons (Fsp3) is 0.542. The van der Waals surface area contributed by atoms with E-state index in [2.05, 4.69) is 25.2 Å². The minimum atomic E-state index is -1.21. The van der Waals surface area contributed by atoms with Crippen LogP contribution in [0.4, 0.5) is 5.82 Å². The summed E-state index contributed by atoms with van der Waals surface area (Å²) in [5.74, 6) is 1.56. The summed E-state index contributed by atoms with van der Waals surface area (Å²) in [5.41, 5.74) is 3.65. The van der Waals surface area contributed by atoms with Gasteiger partial charge in [0.15, 0.2) is 9.64 Å². The number of hydrogen-bond donors (Lipinski definition) is 1. The summed E-state index contributed by atoms with van der Waals surface area (Å²) in [4.78, 5) is 0.802. The smallest absolute Gasteiger partial charge is 0.164 e. The number of halogens is 1. The van der Waals surface area contributed by atoms with Crippen molar-refractivity contribution >= 4 is 28.6 Å². The van der Waals surface area contributed by atoms with Gasteiger partial charge >= 0.3 is 0 Å². The SMILES string of the molecule is Cn1nc(C2CCCCC2)cc1NC(=C1CCC1)C(C)(C)[S+]([O-])c1ccc(Cl)cc1. The molecule has 0 saturated heterocycles. The summed E-state index contributed by atoms with van der Waals surface area (Å²) in [5, 5.41) is 9.16. The third-order valence-corrected chi connectivity index (χ3v) is 8.66. The van der Waals surface area contributed by atoms with Gasteiger partial charge in [-0.25, -0.2) is 0 Å². The first-order valence-corrected chi connectivity index (χ1v) is 12.6. The standard InChI is InChI=1S/C24H32ClN3OS/c1-24(2,30(29)20-14-12-19(25)13-15-20)23(18-10-7-11-18)26-22-16-21(27-28(22)3)17-8-5-4-6-9-17/h12-17,26H,4-11H2,1-3H3. The molecule has 0 amide bonds. The van der Waals surface area contributed by atoms with Crippen LogP contribution in [-0.2, 0) is 18.2 Å². The molecule has 1 aromatic heterocycles. The molecule has 1 atom stereocenters. The molecular weight excluding hydrogens is 414 g/mol. The zero-order valence-electron chi connectivity index (χ0n) is 18.2. The number of aryl methyl sites for hydroxylation is 1. The zero-order valence-corrected chi connectivity index (χ0v) is 19.8. The highest BCUT2D eigenvalue weighted by molar-refractivity contribution is 7.93. The Hall–Kier alpha value is -1.43. The Bertz CT molecular complexity index is 907. The van der Waals surface area contributed by atoms with Crippen LogP contribution in [0.1, 0.15) is 76.8 Å². The maximum absolute atomic E-state index is 13.6. The molecule has 1 unspecified atom stereocenters. The maximum Gasteiger partial charge on any atom is 0.164 e. The summed E-state index contributed by atoms with van der Waals surface area (Å²) in [6.07, 6.45) is 9.73. The molecular formula is C24H32ClN3OS. The van der Waals surface area contributed by atoms with Gasteiger partial charge in [0.05, 0.1) is 11.4 Å². The van der Waals surface area contributed by atoms with Crippen LogP contribution >= 0.6 is 11.6 Å². The van der Waals surface area contributed by atoms with E-state index in [1.54, 1.807) is 0 Å². The third kappa shape index (κ3) is 4.44. The molecule has 1 heterocycles. The maximum atomic E-state index is 13.6. The topological polar surface area (TPSA) is 52.9 Å². The highest BCUT2D eigenvalue weighted by Crippen LogP contribution is 2.41. The molecule has 0 radical (unpaired) electrons. The molecule has 2 fully saturated rings. The Morgan fingerprint density at radius 1 is 1.13 bits per heavy atom. The Morgan fingerprint density at radius 3 is 2.40 bits per heavy atom. The van der Waals surface area contributed by atoms with Gasteiger partial charge in [-0.15, -0.1) is 0 Å². The number of rotatable bonds is 6. The summed E-state index contributed by atoms with van der Waals surface area (Å²) >= 11 is 4.83. The quantitative estimate of drug-likeness (QED) is 0.512. The molecule has 0 aliphatic heterocycles. The van der Waals surface area contributed by atoms with Crippen LogP contribution in [-0.4, -0.2) is 19.1 Å². The second kappa shape index (κ2) is 8.97. The molecule has 2 saturated carbocycles. The van der Waals surface area contributed by atoms with Crippen LogP contribution < -0.4 is 5.32 Å². The number of benzene rings is 1. The van der Waals surface area contributed by atoms with Gasteiger partial charge < -0.3 is 9.87 Å². The van der Waals surface area contributed by atoms with Gasteiger partial charge in [0.2, 0.25) is 0 Å². The van der Waals surface area contributed by atoms with Crippen LogP contribution in [0.5, 0.6) is 0 Å². The van der Waals surface area contributed by atoms with Gasteiger partial charge in [-0.2, -0.15) is 5.10 Å². The van der Waals surface area contributed by atoms with E-state index in [9.17, 15) is 4.55 Å². The second-order valence-electron chi connectivity index (χ2n) is 9.10. The lowest BCUT2D eigenvalue weighted by molar-refractivity contribution is 0.433. The molecule has 6 heteroatoms. The van der Waals surface area contributed by atoms with Crippen LogP contribution in [0.15, 0.2) is 46.5 Å². The van der Waals surface area contributed by atoms with Crippen molar-refractivity contribution in [1.29, 1.82) is 0 Å². The molecule has 4 rings (SSSR count). The average molecular weight is 446 g/mol. The van der Waals surface area contributed by atoms with E-state index in [-0.39, 0.29) is 0 Å². The molecule has 30 heavy (non-hydrogen) atoms. The fourth-order valence-corrected chi connectivity index (χ4v) is 6.03. The van der Waals surface area contributed by atoms with E-state index in [0.29, 0.717) is 10.9 Å². The van der Waals surface area contributed by atoms with Gasteiger partial charge in [-0.05, 0) is 87.0 Å². The van der Waals surface area contributed by atoms with Crippen molar-refractivity contribution in [2.24, 2.45) is 7.05 Å². The first kappa shape index (κ1) is 21.8. The number of anilines is 1. The highest BCUT2D eigenvalue weighted by atomic mass is 35.5. The van der Waals surface area contributed by atoms with Crippen molar-refractivity contribution in [2.45, 2.75) is 80.8 Å². The summed E-state index contributed by atoms with van der Waals surface area (Å²) in [6, 6.07) is 9.57. The molecule has 2 aromatic rings. The Balaban J connectivity index is 1.61. The summed E-state index contributed by atoms with van der Waals surface area (Å²) in [7, 11) is 2.00. The van der Waals surface area contributed by atoms with Gasteiger partial charge in [0.1, 0.15) is 5.82 Å². The van der Waals surface area contributed by atoms with Crippen LogP contribution in [0.2, 0.25) is 5.02 Å². The van der Waals surface area contributed by atoms with Gasteiger partial charge in [-0.3, -0.25) is 4.68 Å². The van der Waals surface area contributed by atoms with Crippen LogP contribution in [0, 0.1) is 0 Å². The van der Waals surface area contributed by atoms with Crippen molar-refractivity contribution in [3.63, 3.8) is 0 Å². The second-order valence-corrected chi connectivity index (χ2v) is 11.6. The van der Waals surface area contributed by atoms with Gasteiger partial charge in [-0.1, -0.05) is 30.9 Å². The Kier molecular flexibility index (Phi) is 6.52. The van der Waals surface area contributed by atoms with E-state index in [1.807, 2.05) is 36.0 Å². The molecule has 2 aliphatic carbocycles. The zero-order chi connectivity index (χ0) is 21.3. The minimum absolute atomic E-state index is 0.543. The fourth-order valence-electron chi connectivity index (χ4n) is 4.55. The number of aromatic nitrogens is 2. The molecule has 162 valence electrons. The van der Waals surface area contributed by atoms with E-state index in [4.69, 9.17) is 16.7 Å². The molecule has 4 nitrogen and oxygen atoms in total. The van der Waals surface area contributed by atoms with Gasteiger partial charge in [0, 0.05) is 24.1 Å². The molecule has 2 aliphatic rings. The van der Waals surface area contributed by atoms with Crippen molar-refractivity contribution < 1.29 is 4.55 Å². The highest BCUT2D eigenvalue weighted by Gasteiger charge is 2.41. The minimum Gasteiger partial charge on any atom is -0.611 e. The van der Waals surface area contributed by atoms with Crippen molar-refractivity contribution in [2.75, 3.05) is 5.32 Å². The number of nitrogens with one attached hydrogen (secondary N) is 1. The van der Waals surface area contributed by atoms with Crippen molar-refractivity contribution in [3.8, 4) is 0 Å². The third-order valence-electron chi connectivity index (χ3n) is 6.58. The van der Waals surface area contributed by atoms with E-state index in [0.717, 1.165) is 29.3 Å². The predicted molar refractivity (Wildman–Crippen MR) is 125 cm³/mol. The summed E-state index contributed by atoms with van der Waals surface area (Å²) in [6.45, 7) is 4.15.